The minimum absolute atomic E-state index is 0.353. The lowest BCUT2D eigenvalue weighted by molar-refractivity contribution is 0.0945. The van der Waals surface area contributed by atoms with E-state index >= 15 is 0 Å². The number of thiophene rings is 1. The van der Waals surface area contributed by atoms with E-state index in [9.17, 15) is 0 Å². The van der Waals surface area contributed by atoms with Gasteiger partial charge in [-0.25, -0.2) is 0 Å². The normalized spacial score (nSPS) is 30.5. The molecule has 1 saturated heterocycles. The first-order valence-electron chi connectivity index (χ1n) is 7.55. The van der Waals surface area contributed by atoms with E-state index in [-0.39, 0.29) is 0 Å². The fraction of sp³-hybridized carbons (Fsp3) is 0.750. The summed E-state index contributed by atoms with van der Waals surface area (Å²) < 4.78 is 0. The lowest BCUT2D eigenvalue weighted by atomic mass is 9.91. The van der Waals surface area contributed by atoms with Crippen molar-refractivity contribution in [2.24, 2.45) is 5.92 Å². The van der Waals surface area contributed by atoms with Crippen LogP contribution in [0.15, 0.2) is 6.07 Å². The van der Waals surface area contributed by atoms with Crippen LogP contribution in [0.1, 0.15) is 48.0 Å². The van der Waals surface area contributed by atoms with Crippen LogP contribution < -0.4 is 5.32 Å². The van der Waals surface area contributed by atoms with Crippen molar-refractivity contribution in [3.63, 3.8) is 0 Å². The van der Waals surface area contributed by atoms with Gasteiger partial charge < -0.3 is 5.32 Å². The Bertz CT molecular complexity index is 463. The van der Waals surface area contributed by atoms with E-state index in [0.717, 1.165) is 12.5 Å². The summed E-state index contributed by atoms with van der Waals surface area (Å²) in [5.74, 6) is 0.910. The summed E-state index contributed by atoms with van der Waals surface area (Å²) in [6.07, 6.45) is 2.84. The maximum absolute atomic E-state index is 3.77. The third-order valence-electron chi connectivity index (χ3n) is 5.01. The summed E-state index contributed by atoms with van der Waals surface area (Å²) in [6, 6.07) is 2.95. The summed E-state index contributed by atoms with van der Waals surface area (Å²) in [4.78, 5) is 5.62. The van der Waals surface area contributed by atoms with Gasteiger partial charge in [-0.1, -0.05) is 0 Å². The van der Waals surface area contributed by atoms with Gasteiger partial charge in [0, 0.05) is 41.0 Å². The molecule has 106 valence electrons. The maximum Gasteiger partial charge on any atom is 0.0332 e. The molecule has 0 aromatic carbocycles. The van der Waals surface area contributed by atoms with Crippen molar-refractivity contribution in [3.05, 3.63) is 21.4 Å². The fourth-order valence-electron chi connectivity index (χ4n) is 3.63. The SMILES string of the molecule is Cc1cc(C(C)N2CCNC(C)(C3CC3)C2)c(C)s1. The van der Waals surface area contributed by atoms with Crippen LogP contribution in [0.4, 0.5) is 0 Å². The van der Waals surface area contributed by atoms with E-state index in [1.165, 1.54) is 35.7 Å². The molecule has 1 aliphatic heterocycles. The Kier molecular flexibility index (Phi) is 3.48. The van der Waals surface area contributed by atoms with Gasteiger partial charge in [0.2, 0.25) is 0 Å². The molecule has 1 aromatic heterocycles. The molecule has 0 bridgehead atoms. The van der Waals surface area contributed by atoms with Crippen LogP contribution in [0.3, 0.4) is 0 Å². The molecular formula is C16H26N2S. The lowest BCUT2D eigenvalue weighted by Gasteiger charge is -2.44. The Hall–Kier alpha value is -0.380. The number of nitrogens with one attached hydrogen (secondary N) is 1. The zero-order valence-corrected chi connectivity index (χ0v) is 13.4. The van der Waals surface area contributed by atoms with Gasteiger partial charge in [0.05, 0.1) is 0 Å². The quantitative estimate of drug-likeness (QED) is 0.910. The van der Waals surface area contributed by atoms with Crippen molar-refractivity contribution in [2.75, 3.05) is 19.6 Å². The molecule has 1 aliphatic carbocycles. The molecule has 2 fully saturated rings. The number of rotatable bonds is 3. The second-order valence-corrected chi connectivity index (χ2v) is 8.09. The third kappa shape index (κ3) is 2.61. The standard InChI is InChI=1S/C16H26N2S/c1-11-9-15(13(3)19-11)12(2)18-8-7-17-16(4,10-18)14-5-6-14/h9,12,14,17H,5-8,10H2,1-4H3. The topological polar surface area (TPSA) is 15.3 Å². The van der Waals surface area contributed by atoms with Gasteiger partial charge in [-0.15, -0.1) is 11.3 Å². The lowest BCUT2D eigenvalue weighted by Crippen LogP contribution is -2.60. The first-order chi connectivity index (χ1) is 8.99. The summed E-state index contributed by atoms with van der Waals surface area (Å²) in [5, 5.41) is 3.77. The second kappa shape index (κ2) is 4.87. The highest BCUT2D eigenvalue weighted by atomic mass is 32.1. The van der Waals surface area contributed by atoms with E-state index in [1.54, 1.807) is 5.56 Å². The zero-order chi connectivity index (χ0) is 13.6. The van der Waals surface area contributed by atoms with Crippen LogP contribution in [0.2, 0.25) is 0 Å². The Morgan fingerprint density at radius 3 is 2.74 bits per heavy atom. The number of piperazine rings is 1. The van der Waals surface area contributed by atoms with Gasteiger partial charge in [-0.3, -0.25) is 4.90 Å². The molecule has 2 unspecified atom stereocenters. The Balaban J connectivity index is 1.76. The van der Waals surface area contributed by atoms with Crippen molar-refractivity contribution in [1.82, 2.24) is 10.2 Å². The number of hydrogen-bond acceptors (Lipinski definition) is 3. The van der Waals surface area contributed by atoms with Gasteiger partial charge in [0.15, 0.2) is 0 Å². The van der Waals surface area contributed by atoms with Crippen molar-refractivity contribution in [3.8, 4) is 0 Å². The Morgan fingerprint density at radius 1 is 1.42 bits per heavy atom. The van der Waals surface area contributed by atoms with Gasteiger partial charge in [-0.05, 0) is 58.1 Å². The van der Waals surface area contributed by atoms with Crippen molar-refractivity contribution >= 4 is 11.3 Å². The smallest absolute Gasteiger partial charge is 0.0332 e. The minimum Gasteiger partial charge on any atom is -0.309 e. The van der Waals surface area contributed by atoms with E-state index in [4.69, 9.17) is 0 Å². The van der Waals surface area contributed by atoms with Gasteiger partial charge in [0.25, 0.3) is 0 Å². The molecule has 3 rings (SSSR count). The number of nitrogens with zero attached hydrogens (tertiary/aromatic N) is 1. The summed E-state index contributed by atoms with van der Waals surface area (Å²) in [7, 11) is 0. The van der Waals surface area contributed by atoms with Gasteiger partial charge >= 0.3 is 0 Å². The molecule has 1 saturated carbocycles. The van der Waals surface area contributed by atoms with Crippen LogP contribution in [0, 0.1) is 19.8 Å². The molecule has 2 aliphatic rings. The first-order valence-corrected chi connectivity index (χ1v) is 8.37. The Labute approximate surface area is 121 Å². The van der Waals surface area contributed by atoms with E-state index < -0.39 is 0 Å². The third-order valence-corrected chi connectivity index (χ3v) is 6.00. The maximum atomic E-state index is 3.77. The van der Waals surface area contributed by atoms with Crippen molar-refractivity contribution in [1.29, 1.82) is 0 Å². The van der Waals surface area contributed by atoms with Gasteiger partial charge in [-0.2, -0.15) is 0 Å². The fourth-order valence-corrected chi connectivity index (χ4v) is 4.64. The van der Waals surface area contributed by atoms with E-state index in [0.29, 0.717) is 11.6 Å². The zero-order valence-electron chi connectivity index (χ0n) is 12.6. The van der Waals surface area contributed by atoms with Gasteiger partial charge in [0.1, 0.15) is 0 Å². The molecule has 3 heteroatoms. The Morgan fingerprint density at radius 2 is 2.16 bits per heavy atom. The highest BCUT2D eigenvalue weighted by Crippen LogP contribution is 2.42. The number of aryl methyl sites for hydroxylation is 2. The molecule has 0 spiro atoms. The molecule has 0 amide bonds. The summed E-state index contributed by atoms with van der Waals surface area (Å²) >= 11 is 1.94. The van der Waals surface area contributed by atoms with E-state index in [2.05, 4.69) is 44.0 Å². The molecule has 19 heavy (non-hydrogen) atoms. The largest absolute Gasteiger partial charge is 0.309 e. The van der Waals surface area contributed by atoms with E-state index in [1.807, 2.05) is 11.3 Å². The first kappa shape index (κ1) is 13.6. The predicted molar refractivity (Wildman–Crippen MR) is 82.9 cm³/mol. The molecule has 0 radical (unpaired) electrons. The summed E-state index contributed by atoms with van der Waals surface area (Å²) in [6.45, 7) is 12.8. The molecule has 2 heterocycles. The van der Waals surface area contributed by atoms with Crippen LogP contribution in [-0.2, 0) is 0 Å². The van der Waals surface area contributed by atoms with Crippen LogP contribution in [0.5, 0.6) is 0 Å². The average Bonchev–Trinajstić information content (AvgIpc) is 3.15. The molecule has 1 aromatic rings. The van der Waals surface area contributed by atoms with Crippen LogP contribution >= 0.6 is 11.3 Å². The van der Waals surface area contributed by atoms with Crippen LogP contribution in [-0.4, -0.2) is 30.1 Å². The highest BCUT2D eigenvalue weighted by molar-refractivity contribution is 7.12. The molecule has 2 atom stereocenters. The second-order valence-electron chi connectivity index (χ2n) is 6.63. The molecule has 2 nitrogen and oxygen atoms in total. The van der Waals surface area contributed by atoms with Crippen molar-refractivity contribution in [2.45, 2.75) is 52.1 Å². The summed E-state index contributed by atoms with van der Waals surface area (Å²) in [5.41, 5.74) is 1.90. The predicted octanol–water partition coefficient (Wildman–Crippen LogP) is 3.50. The van der Waals surface area contributed by atoms with Crippen molar-refractivity contribution < 1.29 is 0 Å². The highest BCUT2D eigenvalue weighted by Gasteiger charge is 2.44. The number of hydrogen-bond donors (Lipinski definition) is 1. The molecule has 1 N–H and O–H groups in total. The van der Waals surface area contributed by atoms with Crippen LogP contribution in [0.25, 0.3) is 0 Å². The molecular weight excluding hydrogens is 252 g/mol. The average molecular weight is 278 g/mol. The minimum atomic E-state index is 0.353. The monoisotopic (exact) mass is 278 g/mol.